The minimum Gasteiger partial charge on any atom is -0.493 e. The summed E-state index contributed by atoms with van der Waals surface area (Å²) >= 11 is 1.97. The Morgan fingerprint density at radius 1 is 1.26 bits per heavy atom. The lowest BCUT2D eigenvalue weighted by Gasteiger charge is -2.28. The van der Waals surface area contributed by atoms with Crippen molar-refractivity contribution in [3.05, 3.63) is 23.8 Å². The van der Waals surface area contributed by atoms with E-state index >= 15 is 0 Å². The van der Waals surface area contributed by atoms with E-state index in [2.05, 4.69) is 29.2 Å². The van der Waals surface area contributed by atoms with Crippen LogP contribution in [0, 0.1) is 0 Å². The second kappa shape index (κ2) is 12.5. The molecule has 1 aliphatic rings. The smallest absolute Gasteiger partial charge is 0.161 e. The number of methoxy groups -OCH3 is 1. The van der Waals surface area contributed by atoms with Crippen LogP contribution in [0.25, 0.3) is 0 Å². The molecule has 2 rings (SSSR count). The highest BCUT2D eigenvalue weighted by molar-refractivity contribution is 7.99. The van der Waals surface area contributed by atoms with E-state index in [1.807, 2.05) is 30.0 Å². The standard InChI is InChI=1S/C20H35N3O3S/c1-22(2)8-4-7-21-14-17-5-6-19(20(13-17)25-3)26-16-18(24)15-23-9-11-27-12-10-23/h5-6,13,18,21,24H,4,7-12,14-16H2,1-3H3. The topological polar surface area (TPSA) is 57.2 Å². The van der Waals surface area contributed by atoms with Crippen molar-refractivity contribution in [2.24, 2.45) is 0 Å². The van der Waals surface area contributed by atoms with Crippen LogP contribution in [-0.2, 0) is 6.54 Å². The number of β-amino-alcohol motifs (C(OH)–C–C–N with tert-alkyl or cyclic N) is 1. The van der Waals surface area contributed by atoms with Gasteiger partial charge in [-0.2, -0.15) is 11.8 Å². The number of rotatable bonds is 12. The molecular formula is C20H35N3O3S. The molecule has 1 aliphatic heterocycles. The first-order valence-electron chi connectivity index (χ1n) is 9.72. The quantitative estimate of drug-likeness (QED) is 0.519. The predicted octanol–water partition coefficient (Wildman–Crippen LogP) is 1.53. The summed E-state index contributed by atoms with van der Waals surface area (Å²) in [6.07, 6.45) is 0.634. The van der Waals surface area contributed by atoms with Gasteiger partial charge in [-0.1, -0.05) is 6.07 Å². The zero-order valence-corrected chi connectivity index (χ0v) is 17.8. The molecular weight excluding hydrogens is 362 g/mol. The number of nitrogens with one attached hydrogen (secondary N) is 1. The average Bonchev–Trinajstić information content (AvgIpc) is 2.67. The average molecular weight is 398 g/mol. The van der Waals surface area contributed by atoms with Gasteiger partial charge in [0, 0.05) is 37.7 Å². The highest BCUT2D eigenvalue weighted by atomic mass is 32.2. The monoisotopic (exact) mass is 397 g/mol. The van der Waals surface area contributed by atoms with Gasteiger partial charge >= 0.3 is 0 Å². The van der Waals surface area contributed by atoms with Gasteiger partial charge < -0.3 is 24.8 Å². The second-order valence-electron chi connectivity index (χ2n) is 7.20. The molecule has 0 spiro atoms. The fourth-order valence-corrected chi connectivity index (χ4v) is 3.99. The summed E-state index contributed by atoms with van der Waals surface area (Å²) in [5, 5.41) is 13.7. The summed E-state index contributed by atoms with van der Waals surface area (Å²) < 4.78 is 11.3. The number of nitrogens with zero attached hydrogens (tertiary/aromatic N) is 2. The zero-order valence-electron chi connectivity index (χ0n) is 16.9. The fraction of sp³-hybridized carbons (Fsp3) is 0.700. The fourth-order valence-electron chi connectivity index (χ4n) is 3.01. The number of aliphatic hydroxyl groups excluding tert-OH is 1. The van der Waals surface area contributed by atoms with Crippen LogP contribution < -0.4 is 14.8 Å². The predicted molar refractivity (Wildman–Crippen MR) is 113 cm³/mol. The lowest BCUT2D eigenvalue weighted by Crippen LogP contribution is -2.40. The van der Waals surface area contributed by atoms with Gasteiger partial charge in [-0.05, 0) is 51.3 Å². The number of ether oxygens (including phenoxy) is 2. The maximum atomic E-state index is 10.3. The van der Waals surface area contributed by atoms with E-state index in [0.29, 0.717) is 18.0 Å². The van der Waals surface area contributed by atoms with Crippen LogP contribution in [-0.4, -0.2) is 93.1 Å². The number of hydrogen-bond donors (Lipinski definition) is 2. The second-order valence-corrected chi connectivity index (χ2v) is 8.42. The summed E-state index contributed by atoms with van der Waals surface area (Å²) in [5.74, 6) is 3.68. The SMILES string of the molecule is COc1cc(CNCCCN(C)C)ccc1OCC(O)CN1CCSCC1. The Hall–Kier alpha value is -0.990. The van der Waals surface area contributed by atoms with E-state index in [1.54, 1.807) is 7.11 Å². The van der Waals surface area contributed by atoms with Crippen LogP contribution in [0.3, 0.4) is 0 Å². The van der Waals surface area contributed by atoms with Crippen LogP contribution in [0.1, 0.15) is 12.0 Å². The van der Waals surface area contributed by atoms with Gasteiger partial charge in [0.1, 0.15) is 12.7 Å². The number of benzene rings is 1. The Bertz CT molecular complexity index is 539. The molecule has 1 aromatic carbocycles. The normalized spacial score (nSPS) is 16.5. The Labute approximate surface area is 168 Å². The van der Waals surface area contributed by atoms with E-state index in [9.17, 15) is 5.11 Å². The summed E-state index contributed by atoms with van der Waals surface area (Å²) in [6, 6.07) is 5.98. The van der Waals surface area contributed by atoms with Crippen LogP contribution >= 0.6 is 11.8 Å². The van der Waals surface area contributed by atoms with E-state index in [0.717, 1.165) is 56.2 Å². The van der Waals surface area contributed by atoms with Crippen molar-refractivity contribution in [2.75, 3.05) is 72.0 Å². The van der Waals surface area contributed by atoms with Crippen molar-refractivity contribution in [3.8, 4) is 11.5 Å². The number of thioether (sulfide) groups is 1. The van der Waals surface area contributed by atoms with Gasteiger partial charge in [0.25, 0.3) is 0 Å². The molecule has 0 amide bonds. The summed E-state index contributed by atoms with van der Waals surface area (Å²) in [4.78, 5) is 4.49. The molecule has 6 nitrogen and oxygen atoms in total. The molecule has 0 aliphatic carbocycles. The van der Waals surface area contributed by atoms with Crippen molar-refractivity contribution < 1.29 is 14.6 Å². The Morgan fingerprint density at radius 2 is 2.04 bits per heavy atom. The Morgan fingerprint density at radius 3 is 2.74 bits per heavy atom. The van der Waals surface area contributed by atoms with Gasteiger partial charge in [0.15, 0.2) is 11.5 Å². The minimum absolute atomic E-state index is 0.280. The van der Waals surface area contributed by atoms with Crippen molar-refractivity contribution in [1.82, 2.24) is 15.1 Å². The molecule has 1 unspecified atom stereocenters. The third-order valence-electron chi connectivity index (χ3n) is 4.52. The molecule has 1 saturated heterocycles. The Balaban J connectivity index is 1.75. The van der Waals surface area contributed by atoms with Crippen molar-refractivity contribution in [3.63, 3.8) is 0 Å². The molecule has 2 N–H and O–H groups in total. The van der Waals surface area contributed by atoms with E-state index in [4.69, 9.17) is 9.47 Å². The molecule has 1 aromatic rings. The van der Waals surface area contributed by atoms with Crippen LogP contribution in [0.2, 0.25) is 0 Å². The summed E-state index contributed by atoms with van der Waals surface area (Å²) in [5.41, 5.74) is 1.16. The molecule has 0 bridgehead atoms. The van der Waals surface area contributed by atoms with E-state index in [-0.39, 0.29) is 6.61 Å². The maximum absolute atomic E-state index is 10.3. The molecule has 0 radical (unpaired) electrons. The van der Waals surface area contributed by atoms with E-state index < -0.39 is 6.10 Å². The van der Waals surface area contributed by atoms with Gasteiger partial charge in [-0.25, -0.2) is 0 Å². The lowest BCUT2D eigenvalue weighted by molar-refractivity contribution is 0.0705. The lowest BCUT2D eigenvalue weighted by atomic mass is 10.2. The molecule has 7 heteroatoms. The maximum Gasteiger partial charge on any atom is 0.161 e. The van der Waals surface area contributed by atoms with Crippen LogP contribution in [0.15, 0.2) is 18.2 Å². The van der Waals surface area contributed by atoms with Gasteiger partial charge in [0.2, 0.25) is 0 Å². The first-order chi connectivity index (χ1) is 13.1. The first kappa shape index (κ1) is 22.3. The largest absolute Gasteiger partial charge is 0.493 e. The number of hydrogen-bond acceptors (Lipinski definition) is 7. The zero-order chi connectivity index (χ0) is 19.5. The van der Waals surface area contributed by atoms with Crippen molar-refractivity contribution in [1.29, 1.82) is 0 Å². The molecule has 1 heterocycles. The van der Waals surface area contributed by atoms with Crippen LogP contribution in [0.4, 0.5) is 0 Å². The molecule has 27 heavy (non-hydrogen) atoms. The van der Waals surface area contributed by atoms with Crippen molar-refractivity contribution >= 4 is 11.8 Å². The minimum atomic E-state index is -0.490. The first-order valence-corrected chi connectivity index (χ1v) is 10.9. The van der Waals surface area contributed by atoms with Crippen molar-refractivity contribution in [2.45, 2.75) is 19.1 Å². The van der Waals surface area contributed by atoms with Gasteiger partial charge in [0.05, 0.1) is 7.11 Å². The summed E-state index contributed by atoms with van der Waals surface area (Å²) in [7, 11) is 5.83. The van der Waals surface area contributed by atoms with Gasteiger partial charge in [-0.15, -0.1) is 0 Å². The van der Waals surface area contributed by atoms with E-state index in [1.165, 1.54) is 0 Å². The third kappa shape index (κ3) is 8.70. The molecule has 154 valence electrons. The van der Waals surface area contributed by atoms with Gasteiger partial charge in [-0.3, -0.25) is 4.90 Å². The Kier molecular flexibility index (Phi) is 10.3. The molecule has 0 saturated carbocycles. The third-order valence-corrected chi connectivity index (χ3v) is 5.46. The molecule has 0 aromatic heterocycles. The highest BCUT2D eigenvalue weighted by Crippen LogP contribution is 2.28. The van der Waals surface area contributed by atoms with Crippen LogP contribution in [0.5, 0.6) is 11.5 Å². The highest BCUT2D eigenvalue weighted by Gasteiger charge is 2.16. The summed E-state index contributed by atoms with van der Waals surface area (Å²) in [6.45, 7) is 5.91. The molecule has 1 atom stereocenters. The number of aliphatic hydroxyl groups is 1. The molecule has 1 fully saturated rings.